The Hall–Kier alpha value is -1.12. The highest BCUT2D eigenvalue weighted by Gasteiger charge is 2.14. The molecule has 0 saturated heterocycles. The largest absolute Gasteiger partial charge is 0.478 e. The van der Waals surface area contributed by atoms with Crippen molar-refractivity contribution >= 4 is 11.7 Å². The first kappa shape index (κ1) is 7.98. The highest BCUT2D eigenvalue weighted by molar-refractivity contribution is 5.99. The van der Waals surface area contributed by atoms with Gasteiger partial charge in [-0.15, -0.1) is 0 Å². The summed E-state index contributed by atoms with van der Waals surface area (Å²) in [5.74, 6) is -0.847. The summed E-state index contributed by atoms with van der Waals surface area (Å²) in [6.07, 6.45) is 3.92. The summed E-state index contributed by atoms with van der Waals surface area (Å²) in [5, 5.41) is 8.56. The molecule has 3 nitrogen and oxygen atoms in total. The van der Waals surface area contributed by atoms with Crippen LogP contribution in [0.25, 0.3) is 0 Å². The van der Waals surface area contributed by atoms with Crippen molar-refractivity contribution in [2.24, 2.45) is 4.99 Å². The van der Waals surface area contributed by atoms with E-state index in [4.69, 9.17) is 5.11 Å². The monoisotopic (exact) mass is 153 g/mol. The summed E-state index contributed by atoms with van der Waals surface area (Å²) < 4.78 is 0. The second kappa shape index (κ2) is 3.32. The molecule has 0 saturated carbocycles. The van der Waals surface area contributed by atoms with E-state index in [0.717, 1.165) is 18.6 Å². The molecule has 0 spiro atoms. The second-order valence-corrected chi connectivity index (χ2v) is 2.58. The molecule has 1 heterocycles. The van der Waals surface area contributed by atoms with Crippen LogP contribution in [0, 0.1) is 0 Å². The van der Waals surface area contributed by atoms with E-state index in [0.29, 0.717) is 12.0 Å². The molecule has 0 atom stereocenters. The maximum absolute atomic E-state index is 10.4. The molecule has 3 heteroatoms. The maximum atomic E-state index is 10.4. The average Bonchev–Trinajstić information content (AvgIpc) is 2.37. The van der Waals surface area contributed by atoms with Crippen molar-refractivity contribution in [2.75, 3.05) is 0 Å². The molecule has 1 aliphatic heterocycles. The summed E-state index contributed by atoms with van der Waals surface area (Å²) in [7, 11) is 0. The molecule has 0 bridgehead atoms. The molecule has 0 aromatic heterocycles. The van der Waals surface area contributed by atoms with Gasteiger partial charge in [0.2, 0.25) is 0 Å². The summed E-state index contributed by atoms with van der Waals surface area (Å²) in [4.78, 5) is 14.4. The van der Waals surface area contributed by atoms with Gasteiger partial charge in [0, 0.05) is 18.3 Å². The fourth-order valence-corrected chi connectivity index (χ4v) is 1.05. The molecular weight excluding hydrogens is 142 g/mol. The summed E-state index contributed by atoms with van der Waals surface area (Å²) >= 11 is 0. The van der Waals surface area contributed by atoms with Gasteiger partial charge in [-0.05, 0) is 6.42 Å². The van der Waals surface area contributed by atoms with E-state index in [1.54, 1.807) is 0 Å². The second-order valence-electron chi connectivity index (χ2n) is 2.58. The number of carboxylic acid groups (broad SMARTS) is 1. The van der Waals surface area contributed by atoms with Gasteiger partial charge in [-0.25, -0.2) is 4.79 Å². The molecular formula is C8H11NO2. The Balaban J connectivity index is 2.45. The van der Waals surface area contributed by atoms with E-state index >= 15 is 0 Å². The van der Waals surface area contributed by atoms with Crippen molar-refractivity contribution in [1.82, 2.24) is 0 Å². The number of hydrogen-bond donors (Lipinski definition) is 1. The molecule has 0 fully saturated rings. The minimum absolute atomic E-state index is 0.411. The van der Waals surface area contributed by atoms with Crippen molar-refractivity contribution in [3.05, 3.63) is 11.8 Å². The lowest BCUT2D eigenvalue weighted by Crippen LogP contribution is -2.02. The van der Waals surface area contributed by atoms with Gasteiger partial charge in [0.1, 0.15) is 0 Å². The lowest BCUT2D eigenvalue weighted by atomic mass is 10.1. The Morgan fingerprint density at radius 3 is 3.00 bits per heavy atom. The highest BCUT2D eigenvalue weighted by atomic mass is 16.4. The quantitative estimate of drug-likeness (QED) is 0.669. The Labute approximate surface area is 65.4 Å². The first-order valence-electron chi connectivity index (χ1n) is 3.72. The number of hydrogen-bond acceptors (Lipinski definition) is 2. The predicted octanol–water partition coefficient (Wildman–Crippen LogP) is 1.60. The van der Waals surface area contributed by atoms with Crippen LogP contribution in [0.15, 0.2) is 16.8 Å². The Morgan fingerprint density at radius 2 is 2.55 bits per heavy atom. The number of nitrogens with zero attached hydrogens (tertiary/aromatic N) is 1. The fourth-order valence-electron chi connectivity index (χ4n) is 1.05. The molecule has 60 valence electrons. The molecule has 0 amide bonds. The van der Waals surface area contributed by atoms with Crippen molar-refractivity contribution in [3.63, 3.8) is 0 Å². The third kappa shape index (κ3) is 1.90. The molecule has 1 aliphatic rings. The third-order valence-corrected chi connectivity index (χ3v) is 1.61. The number of carbonyl (C=O) groups is 1. The summed E-state index contributed by atoms with van der Waals surface area (Å²) in [6.45, 7) is 2.06. The fraction of sp³-hybridized carbons (Fsp3) is 0.500. The van der Waals surface area contributed by atoms with Crippen LogP contribution in [0.1, 0.15) is 26.2 Å². The zero-order valence-electron chi connectivity index (χ0n) is 6.50. The number of carboxylic acids is 1. The lowest BCUT2D eigenvalue weighted by molar-refractivity contribution is -0.132. The van der Waals surface area contributed by atoms with E-state index in [9.17, 15) is 4.79 Å². The Morgan fingerprint density at radius 1 is 1.82 bits per heavy atom. The number of aliphatic imine (C=N–C) groups is 1. The first-order chi connectivity index (χ1) is 5.24. The van der Waals surface area contributed by atoms with Gasteiger partial charge >= 0.3 is 5.97 Å². The van der Waals surface area contributed by atoms with Crippen LogP contribution in [-0.2, 0) is 4.79 Å². The predicted molar refractivity (Wildman–Crippen MR) is 42.7 cm³/mol. The molecule has 0 radical (unpaired) electrons. The van der Waals surface area contributed by atoms with Crippen LogP contribution >= 0.6 is 0 Å². The van der Waals surface area contributed by atoms with Crippen LogP contribution in [0.4, 0.5) is 0 Å². The zero-order chi connectivity index (χ0) is 8.27. The number of rotatable bonds is 3. The molecule has 0 aromatic rings. The molecule has 1 rings (SSSR count). The van der Waals surface area contributed by atoms with Crippen molar-refractivity contribution in [2.45, 2.75) is 26.2 Å². The van der Waals surface area contributed by atoms with Crippen LogP contribution in [0.3, 0.4) is 0 Å². The standard InChI is InChI=1S/C8H11NO2/c1-2-3-7-4-6(5-9-7)8(10)11/h5H,2-4H2,1H3,(H,10,11). The Kier molecular flexibility index (Phi) is 2.41. The van der Waals surface area contributed by atoms with Crippen LogP contribution < -0.4 is 0 Å². The lowest BCUT2D eigenvalue weighted by Gasteiger charge is -1.95. The van der Waals surface area contributed by atoms with E-state index < -0.39 is 5.97 Å². The molecule has 0 unspecified atom stereocenters. The molecule has 0 aromatic carbocycles. The van der Waals surface area contributed by atoms with Crippen molar-refractivity contribution in [1.29, 1.82) is 0 Å². The maximum Gasteiger partial charge on any atom is 0.333 e. The van der Waals surface area contributed by atoms with E-state index in [1.807, 2.05) is 0 Å². The molecule has 11 heavy (non-hydrogen) atoms. The number of aliphatic carboxylic acids is 1. The SMILES string of the molecule is CCCC1=NC=C(C(=O)O)C1. The third-order valence-electron chi connectivity index (χ3n) is 1.61. The van der Waals surface area contributed by atoms with E-state index in [-0.39, 0.29) is 0 Å². The van der Waals surface area contributed by atoms with Gasteiger partial charge in [-0.2, -0.15) is 0 Å². The minimum atomic E-state index is -0.847. The molecule has 0 aliphatic carbocycles. The van der Waals surface area contributed by atoms with Gasteiger partial charge in [-0.1, -0.05) is 13.3 Å². The van der Waals surface area contributed by atoms with E-state index in [2.05, 4.69) is 11.9 Å². The normalized spacial score (nSPS) is 16.1. The first-order valence-corrected chi connectivity index (χ1v) is 3.72. The average molecular weight is 153 g/mol. The van der Waals surface area contributed by atoms with Crippen LogP contribution in [0.2, 0.25) is 0 Å². The topological polar surface area (TPSA) is 49.7 Å². The van der Waals surface area contributed by atoms with Gasteiger partial charge < -0.3 is 5.11 Å². The van der Waals surface area contributed by atoms with Crippen LogP contribution in [0.5, 0.6) is 0 Å². The highest BCUT2D eigenvalue weighted by Crippen LogP contribution is 2.14. The van der Waals surface area contributed by atoms with Gasteiger partial charge in [0.25, 0.3) is 0 Å². The van der Waals surface area contributed by atoms with Gasteiger partial charge in [0.15, 0.2) is 0 Å². The van der Waals surface area contributed by atoms with Crippen LogP contribution in [-0.4, -0.2) is 16.8 Å². The minimum Gasteiger partial charge on any atom is -0.478 e. The van der Waals surface area contributed by atoms with Gasteiger partial charge in [0.05, 0.1) is 5.57 Å². The Bertz CT molecular complexity index is 228. The summed E-state index contributed by atoms with van der Waals surface area (Å²) in [5.41, 5.74) is 1.40. The van der Waals surface area contributed by atoms with Crippen molar-refractivity contribution in [3.8, 4) is 0 Å². The van der Waals surface area contributed by atoms with Crippen molar-refractivity contribution < 1.29 is 9.90 Å². The summed E-state index contributed by atoms with van der Waals surface area (Å²) in [6, 6.07) is 0. The zero-order valence-corrected chi connectivity index (χ0v) is 6.50. The molecule has 1 N–H and O–H groups in total. The van der Waals surface area contributed by atoms with Gasteiger partial charge in [-0.3, -0.25) is 4.99 Å². The van der Waals surface area contributed by atoms with E-state index in [1.165, 1.54) is 6.20 Å². The smallest absolute Gasteiger partial charge is 0.333 e.